The van der Waals surface area contributed by atoms with Crippen molar-refractivity contribution in [2.24, 2.45) is 11.7 Å². The van der Waals surface area contributed by atoms with Gasteiger partial charge in [-0.1, -0.05) is 29.8 Å². The van der Waals surface area contributed by atoms with Crippen LogP contribution < -0.4 is 5.73 Å². The Morgan fingerprint density at radius 1 is 1.35 bits per heavy atom. The van der Waals surface area contributed by atoms with Gasteiger partial charge in [0.25, 0.3) is 0 Å². The number of nitrogens with zero attached hydrogens (tertiary/aromatic N) is 1. The Labute approximate surface area is 109 Å². The van der Waals surface area contributed by atoms with Crippen molar-refractivity contribution in [1.29, 1.82) is 0 Å². The molecule has 0 saturated carbocycles. The summed E-state index contributed by atoms with van der Waals surface area (Å²) in [4.78, 5) is 2.50. The Morgan fingerprint density at radius 2 is 2.18 bits per heavy atom. The number of hydrogen-bond acceptors (Lipinski definition) is 2. The predicted octanol–water partition coefficient (Wildman–Crippen LogP) is 2.90. The first kappa shape index (κ1) is 12.9. The van der Waals surface area contributed by atoms with Crippen LogP contribution in [0.25, 0.3) is 0 Å². The largest absolute Gasteiger partial charge is 0.330 e. The molecule has 0 aliphatic carbocycles. The number of halogens is 1. The van der Waals surface area contributed by atoms with E-state index < -0.39 is 0 Å². The molecule has 1 fully saturated rings. The highest BCUT2D eigenvalue weighted by molar-refractivity contribution is 6.31. The summed E-state index contributed by atoms with van der Waals surface area (Å²) in [5.74, 6) is 0.774. The summed E-state index contributed by atoms with van der Waals surface area (Å²) in [5, 5.41) is 0.883. The molecule has 1 atom stereocenters. The Kier molecular flexibility index (Phi) is 4.84. The number of likely N-dealkylation sites (tertiary alicyclic amines) is 1. The summed E-state index contributed by atoms with van der Waals surface area (Å²) in [5.41, 5.74) is 6.88. The molecule has 94 valence electrons. The van der Waals surface area contributed by atoms with E-state index in [9.17, 15) is 0 Å². The quantitative estimate of drug-likeness (QED) is 0.893. The highest BCUT2D eigenvalue weighted by atomic mass is 35.5. The molecule has 1 aromatic rings. The average Bonchev–Trinajstić information content (AvgIpc) is 2.33. The van der Waals surface area contributed by atoms with Crippen LogP contribution in [0.1, 0.15) is 24.8 Å². The molecule has 2 nitrogen and oxygen atoms in total. The first-order chi connectivity index (χ1) is 8.29. The zero-order valence-corrected chi connectivity index (χ0v) is 11.0. The lowest BCUT2D eigenvalue weighted by molar-refractivity contribution is 0.163. The number of rotatable bonds is 4. The predicted molar refractivity (Wildman–Crippen MR) is 73.1 cm³/mol. The van der Waals surface area contributed by atoms with Crippen LogP contribution in [0.2, 0.25) is 5.02 Å². The number of nitrogens with two attached hydrogens (primary N) is 1. The first-order valence-corrected chi connectivity index (χ1v) is 6.83. The number of piperidine rings is 1. The molecule has 0 spiro atoms. The van der Waals surface area contributed by atoms with E-state index >= 15 is 0 Å². The molecule has 1 aromatic carbocycles. The van der Waals surface area contributed by atoms with Gasteiger partial charge in [-0.05, 0) is 49.9 Å². The molecule has 0 aromatic heterocycles. The molecule has 1 unspecified atom stereocenters. The minimum atomic E-state index is 0.774. The van der Waals surface area contributed by atoms with E-state index in [2.05, 4.69) is 17.0 Å². The fourth-order valence-corrected chi connectivity index (χ4v) is 2.83. The Bertz CT molecular complexity index is 352. The Morgan fingerprint density at radius 3 is 2.94 bits per heavy atom. The second kappa shape index (κ2) is 6.39. The summed E-state index contributed by atoms with van der Waals surface area (Å²) in [6.45, 7) is 4.14. The lowest BCUT2D eigenvalue weighted by Gasteiger charge is -2.32. The highest BCUT2D eigenvalue weighted by Crippen LogP contribution is 2.23. The van der Waals surface area contributed by atoms with E-state index in [1.54, 1.807) is 0 Å². The van der Waals surface area contributed by atoms with Crippen LogP contribution in [0.4, 0.5) is 0 Å². The van der Waals surface area contributed by atoms with Gasteiger partial charge >= 0.3 is 0 Å². The molecule has 1 heterocycles. The molecule has 0 bridgehead atoms. The lowest BCUT2D eigenvalue weighted by atomic mass is 9.94. The molecule has 1 aliphatic rings. The maximum absolute atomic E-state index is 6.19. The summed E-state index contributed by atoms with van der Waals surface area (Å²) in [7, 11) is 0. The molecular weight excluding hydrogens is 232 g/mol. The van der Waals surface area contributed by atoms with Crippen molar-refractivity contribution >= 4 is 11.6 Å². The van der Waals surface area contributed by atoms with Crippen LogP contribution in [-0.4, -0.2) is 24.5 Å². The van der Waals surface area contributed by atoms with Crippen LogP contribution in [0.15, 0.2) is 24.3 Å². The maximum atomic E-state index is 6.19. The van der Waals surface area contributed by atoms with Gasteiger partial charge in [-0.15, -0.1) is 0 Å². The first-order valence-electron chi connectivity index (χ1n) is 6.45. The summed E-state index contributed by atoms with van der Waals surface area (Å²) >= 11 is 6.19. The summed E-state index contributed by atoms with van der Waals surface area (Å²) in [6, 6.07) is 8.13. The SMILES string of the molecule is NCCC1CCCN(Cc2ccccc2Cl)C1. The maximum Gasteiger partial charge on any atom is 0.0451 e. The van der Waals surface area contributed by atoms with Crippen LogP contribution in [0.3, 0.4) is 0 Å². The van der Waals surface area contributed by atoms with Crippen molar-refractivity contribution in [3.8, 4) is 0 Å². The molecule has 3 heteroatoms. The van der Waals surface area contributed by atoms with Gasteiger partial charge in [0.2, 0.25) is 0 Å². The molecule has 2 N–H and O–H groups in total. The van der Waals surface area contributed by atoms with Gasteiger partial charge in [0.05, 0.1) is 0 Å². The van der Waals surface area contributed by atoms with Gasteiger partial charge in [0.15, 0.2) is 0 Å². The number of hydrogen-bond donors (Lipinski definition) is 1. The van der Waals surface area contributed by atoms with Crippen LogP contribution >= 0.6 is 11.6 Å². The van der Waals surface area contributed by atoms with Crippen LogP contribution in [-0.2, 0) is 6.54 Å². The van der Waals surface area contributed by atoms with E-state index in [1.165, 1.54) is 31.5 Å². The minimum Gasteiger partial charge on any atom is -0.330 e. The fraction of sp³-hybridized carbons (Fsp3) is 0.571. The zero-order valence-electron chi connectivity index (χ0n) is 10.2. The third kappa shape index (κ3) is 3.70. The molecule has 1 saturated heterocycles. The zero-order chi connectivity index (χ0) is 12.1. The lowest BCUT2D eigenvalue weighted by Crippen LogP contribution is -2.35. The van der Waals surface area contributed by atoms with Crippen molar-refractivity contribution in [3.05, 3.63) is 34.9 Å². The minimum absolute atomic E-state index is 0.774. The summed E-state index contributed by atoms with van der Waals surface area (Å²) < 4.78 is 0. The topological polar surface area (TPSA) is 29.3 Å². The van der Waals surface area contributed by atoms with Crippen molar-refractivity contribution in [2.75, 3.05) is 19.6 Å². The standard InChI is InChI=1S/C14H21ClN2/c15-14-6-2-1-5-13(14)11-17-9-3-4-12(10-17)7-8-16/h1-2,5-6,12H,3-4,7-11,16H2. The van der Waals surface area contributed by atoms with E-state index in [4.69, 9.17) is 17.3 Å². The van der Waals surface area contributed by atoms with E-state index in [-0.39, 0.29) is 0 Å². The van der Waals surface area contributed by atoms with Crippen molar-refractivity contribution in [1.82, 2.24) is 4.90 Å². The third-order valence-electron chi connectivity index (χ3n) is 3.53. The van der Waals surface area contributed by atoms with E-state index in [1.807, 2.05) is 12.1 Å². The second-order valence-corrected chi connectivity index (χ2v) is 5.32. The van der Waals surface area contributed by atoms with Gasteiger partial charge in [0, 0.05) is 18.1 Å². The molecular formula is C14H21ClN2. The van der Waals surface area contributed by atoms with E-state index in [0.29, 0.717) is 0 Å². The third-order valence-corrected chi connectivity index (χ3v) is 3.90. The Hall–Kier alpha value is -0.570. The molecule has 0 radical (unpaired) electrons. The Balaban J connectivity index is 1.92. The molecule has 17 heavy (non-hydrogen) atoms. The van der Waals surface area contributed by atoms with Crippen LogP contribution in [0, 0.1) is 5.92 Å². The highest BCUT2D eigenvalue weighted by Gasteiger charge is 2.19. The van der Waals surface area contributed by atoms with Gasteiger partial charge in [0.1, 0.15) is 0 Å². The fourth-order valence-electron chi connectivity index (χ4n) is 2.63. The van der Waals surface area contributed by atoms with Crippen molar-refractivity contribution in [2.45, 2.75) is 25.8 Å². The number of benzene rings is 1. The van der Waals surface area contributed by atoms with Gasteiger partial charge in [-0.3, -0.25) is 4.90 Å². The average molecular weight is 253 g/mol. The van der Waals surface area contributed by atoms with Crippen LogP contribution in [0.5, 0.6) is 0 Å². The summed E-state index contributed by atoms with van der Waals surface area (Å²) in [6.07, 6.45) is 3.77. The monoisotopic (exact) mass is 252 g/mol. The molecule has 0 amide bonds. The van der Waals surface area contributed by atoms with Gasteiger partial charge in [-0.25, -0.2) is 0 Å². The molecule has 1 aliphatic heterocycles. The smallest absolute Gasteiger partial charge is 0.0451 e. The van der Waals surface area contributed by atoms with Crippen molar-refractivity contribution in [3.63, 3.8) is 0 Å². The van der Waals surface area contributed by atoms with E-state index in [0.717, 1.165) is 30.5 Å². The van der Waals surface area contributed by atoms with Gasteiger partial charge in [-0.2, -0.15) is 0 Å². The second-order valence-electron chi connectivity index (χ2n) is 4.91. The normalized spacial score (nSPS) is 21.6. The van der Waals surface area contributed by atoms with Gasteiger partial charge < -0.3 is 5.73 Å². The van der Waals surface area contributed by atoms with Crippen molar-refractivity contribution < 1.29 is 0 Å². The molecule has 2 rings (SSSR count).